The quantitative estimate of drug-likeness (QED) is 0.728. The molecule has 5 N–H and O–H groups in total. The molecular weight excluding hydrogens is 282 g/mol. The van der Waals surface area contributed by atoms with E-state index in [0.717, 1.165) is 36.0 Å². The number of carboxylic acids is 1. The summed E-state index contributed by atoms with van der Waals surface area (Å²) >= 11 is 0. The molecule has 1 aromatic rings. The lowest BCUT2D eigenvalue weighted by molar-refractivity contribution is -0.504. The van der Waals surface area contributed by atoms with Crippen molar-refractivity contribution in [2.24, 2.45) is 17.8 Å². The predicted octanol–water partition coefficient (Wildman–Crippen LogP) is 1.36. The Labute approximate surface area is 129 Å². The van der Waals surface area contributed by atoms with Crippen molar-refractivity contribution in [1.29, 1.82) is 0 Å². The number of quaternary nitrogens is 1. The molecule has 0 amide bonds. The van der Waals surface area contributed by atoms with Crippen molar-refractivity contribution >= 4 is 5.97 Å². The standard InChI is InChI=1S/C10H17N.C7H6O4/c11-10-4-7-1-8(5-10)3-9(2-7)6-10;8-4-1-2-6(9)5(3-4)7(10)11/h7-9H,1-6,11H2;1-3,8-9H,(H,10,11). The van der Waals surface area contributed by atoms with E-state index in [1.54, 1.807) is 19.3 Å². The summed E-state index contributed by atoms with van der Waals surface area (Å²) in [5.41, 5.74) is 4.57. The summed E-state index contributed by atoms with van der Waals surface area (Å²) in [5, 5.41) is 27.9. The van der Waals surface area contributed by atoms with Crippen LogP contribution in [0.25, 0.3) is 0 Å². The average Bonchev–Trinajstić information content (AvgIpc) is 2.39. The Morgan fingerprint density at radius 1 is 1.14 bits per heavy atom. The number of carbonyl (C=O) groups is 1. The lowest BCUT2D eigenvalue weighted by atomic mass is 9.53. The van der Waals surface area contributed by atoms with Crippen LogP contribution in [0.1, 0.15) is 48.9 Å². The Morgan fingerprint density at radius 2 is 1.64 bits per heavy atom. The van der Waals surface area contributed by atoms with Crippen molar-refractivity contribution in [3.63, 3.8) is 0 Å². The van der Waals surface area contributed by atoms with Gasteiger partial charge in [-0.3, -0.25) is 0 Å². The van der Waals surface area contributed by atoms with E-state index in [1.807, 2.05) is 0 Å². The first-order chi connectivity index (χ1) is 10.3. The van der Waals surface area contributed by atoms with Crippen molar-refractivity contribution in [1.82, 2.24) is 0 Å². The first kappa shape index (κ1) is 15.2. The van der Waals surface area contributed by atoms with E-state index in [-0.39, 0.29) is 5.75 Å². The topological polar surface area (TPSA) is 108 Å². The lowest BCUT2D eigenvalue weighted by Crippen LogP contribution is -2.77. The summed E-state index contributed by atoms with van der Waals surface area (Å²) in [6.07, 6.45) is 9.02. The third kappa shape index (κ3) is 3.04. The first-order valence-corrected chi connectivity index (χ1v) is 7.93. The van der Waals surface area contributed by atoms with Gasteiger partial charge in [0.2, 0.25) is 0 Å². The molecule has 5 heteroatoms. The van der Waals surface area contributed by atoms with Crippen LogP contribution in [0.5, 0.6) is 11.5 Å². The number of aromatic carboxylic acids is 1. The van der Waals surface area contributed by atoms with E-state index in [4.69, 9.17) is 10.2 Å². The zero-order valence-corrected chi connectivity index (χ0v) is 12.6. The minimum Gasteiger partial charge on any atom is -0.872 e. The molecule has 120 valence electrons. The maximum Gasteiger partial charge on any atom is 0.335 e. The van der Waals surface area contributed by atoms with Gasteiger partial charge in [-0.15, -0.1) is 0 Å². The second-order valence-corrected chi connectivity index (χ2v) is 7.40. The third-order valence-corrected chi connectivity index (χ3v) is 5.36. The van der Waals surface area contributed by atoms with Crippen LogP contribution in [0.2, 0.25) is 0 Å². The van der Waals surface area contributed by atoms with Crippen LogP contribution in [0.3, 0.4) is 0 Å². The maximum atomic E-state index is 10.7. The van der Waals surface area contributed by atoms with Gasteiger partial charge in [0.1, 0.15) is 5.75 Å². The normalized spacial score (nSPS) is 34.9. The summed E-state index contributed by atoms with van der Waals surface area (Å²) in [6.45, 7) is 0. The molecule has 0 aromatic heterocycles. The number of rotatable bonds is 1. The van der Waals surface area contributed by atoms with Gasteiger partial charge in [-0.1, -0.05) is 11.8 Å². The maximum absolute atomic E-state index is 10.7. The van der Waals surface area contributed by atoms with E-state index in [2.05, 4.69) is 5.73 Å². The zero-order chi connectivity index (χ0) is 15.9. The zero-order valence-electron chi connectivity index (χ0n) is 12.6. The Kier molecular flexibility index (Phi) is 3.77. The number of phenolic OH excluding ortho intramolecular Hbond substituents is 1. The fourth-order valence-electron chi connectivity index (χ4n) is 4.98. The van der Waals surface area contributed by atoms with E-state index >= 15 is 0 Å². The Balaban J connectivity index is 0.000000131. The molecule has 4 aliphatic rings. The van der Waals surface area contributed by atoms with Gasteiger partial charge in [0.25, 0.3) is 0 Å². The summed E-state index contributed by atoms with van der Waals surface area (Å²) in [7, 11) is 0. The number of phenols is 1. The molecule has 4 saturated carbocycles. The van der Waals surface area contributed by atoms with Crippen LogP contribution in [0.4, 0.5) is 0 Å². The molecular formula is C17H23NO4. The molecule has 5 nitrogen and oxygen atoms in total. The Bertz CT molecular complexity index is 549. The highest BCUT2D eigenvalue weighted by Gasteiger charge is 2.51. The van der Waals surface area contributed by atoms with Crippen molar-refractivity contribution in [3.05, 3.63) is 23.8 Å². The minimum atomic E-state index is -1.33. The van der Waals surface area contributed by atoms with E-state index < -0.39 is 17.3 Å². The largest absolute Gasteiger partial charge is 0.872 e. The minimum absolute atomic E-state index is 0.220. The van der Waals surface area contributed by atoms with Gasteiger partial charge in [-0.2, -0.15) is 0 Å². The molecule has 0 unspecified atom stereocenters. The lowest BCUT2D eigenvalue weighted by Gasteiger charge is -2.52. The SMILES string of the molecule is O=C(O)c1cc(O)ccc1[O-].[NH3+]C12CC3CC(CC(C3)C1)C2. The fraction of sp³-hybridized carbons (Fsp3) is 0.588. The summed E-state index contributed by atoms with van der Waals surface area (Å²) in [6, 6.07) is 3.08. The van der Waals surface area contributed by atoms with Gasteiger partial charge in [0, 0.05) is 19.3 Å². The van der Waals surface area contributed by atoms with Crippen molar-refractivity contribution in [2.75, 3.05) is 0 Å². The van der Waals surface area contributed by atoms with Gasteiger partial charge in [0.05, 0.1) is 11.1 Å². The molecule has 4 aliphatic carbocycles. The van der Waals surface area contributed by atoms with Gasteiger partial charge in [-0.25, -0.2) is 4.79 Å². The second kappa shape index (κ2) is 5.47. The fourth-order valence-corrected chi connectivity index (χ4v) is 4.98. The summed E-state index contributed by atoms with van der Waals surface area (Å²) in [4.78, 5) is 10.3. The Morgan fingerprint density at radius 3 is 2.00 bits per heavy atom. The monoisotopic (exact) mass is 305 g/mol. The van der Waals surface area contributed by atoms with Crippen molar-refractivity contribution in [2.45, 2.75) is 44.1 Å². The molecule has 4 bridgehead atoms. The number of benzene rings is 1. The molecule has 0 saturated heterocycles. The number of carboxylic acid groups (broad SMARTS) is 1. The van der Waals surface area contributed by atoms with E-state index in [0.29, 0.717) is 5.54 Å². The number of hydrogen-bond acceptors (Lipinski definition) is 3. The van der Waals surface area contributed by atoms with Gasteiger partial charge >= 0.3 is 5.97 Å². The van der Waals surface area contributed by atoms with Gasteiger partial charge < -0.3 is 21.1 Å². The molecule has 0 heterocycles. The van der Waals surface area contributed by atoms with Crippen LogP contribution < -0.4 is 10.8 Å². The molecule has 0 aliphatic heterocycles. The molecule has 0 radical (unpaired) electrons. The van der Waals surface area contributed by atoms with E-state index in [1.165, 1.54) is 19.3 Å². The van der Waals surface area contributed by atoms with Crippen LogP contribution in [0, 0.1) is 17.8 Å². The van der Waals surface area contributed by atoms with Crippen molar-refractivity contribution in [3.8, 4) is 11.5 Å². The first-order valence-electron chi connectivity index (χ1n) is 7.93. The summed E-state index contributed by atoms with van der Waals surface area (Å²) in [5.74, 6) is 1.10. The van der Waals surface area contributed by atoms with Crippen LogP contribution in [0.15, 0.2) is 18.2 Å². The van der Waals surface area contributed by atoms with Gasteiger partial charge in [0.15, 0.2) is 0 Å². The smallest absolute Gasteiger partial charge is 0.335 e. The molecule has 1 aromatic carbocycles. The highest BCUT2D eigenvalue weighted by molar-refractivity contribution is 5.90. The second-order valence-electron chi connectivity index (χ2n) is 7.40. The molecule has 5 rings (SSSR count). The highest BCUT2D eigenvalue weighted by atomic mass is 16.4. The molecule has 22 heavy (non-hydrogen) atoms. The number of aromatic hydroxyl groups is 1. The van der Waals surface area contributed by atoms with Crippen LogP contribution in [-0.4, -0.2) is 21.7 Å². The van der Waals surface area contributed by atoms with Crippen LogP contribution >= 0.6 is 0 Å². The highest BCUT2D eigenvalue weighted by Crippen LogP contribution is 2.53. The van der Waals surface area contributed by atoms with Gasteiger partial charge in [-0.05, 0) is 49.1 Å². The number of hydrogen-bond donors (Lipinski definition) is 3. The van der Waals surface area contributed by atoms with Crippen molar-refractivity contribution < 1.29 is 25.8 Å². The van der Waals surface area contributed by atoms with Crippen LogP contribution in [-0.2, 0) is 0 Å². The molecule has 0 atom stereocenters. The molecule has 0 spiro atoms. The molecule has 4 fully saturated rings. The summed E-state index contributed by atoms with van der Waals surface area (Å²) < 4.78 is 0. The third-order valence-electron chi connectivity index (χ3n) is 5.36. The predicted molar refractivity (Wildman–Crippen MR) is 78.3 cm³/mol. The Hall–Kier alpha value is -1.75. The van der Waals surface area contributed by atoms with E-state index in [9.17, 15) is 9.90 Å². The average molecular weight is 305 g/mol.